The first-order chi connectivity index (χ1) is 9.70. The molecule has 112 valence electrons. The van der Waals surface area contributed by atoms with E-state index in [0.29, 0.717) is 0 Å². The van der Waals surface area contributed by atoms with Crippen LogP contribution in [0, 0.1) is 10.1 Å². The molecule has 0 saturated carbocycles. The summed E-state index contributed by atoms with van der Waals surface area (Å²) in [7, 11) is 0. The van der Waals surface area contributed by atoms with Crippen LogP contribution < -0.4 is 11.1 Å². The molecule has 21 heavy (non-hydrogen) atoms. The number of carbonyl (C=O) groups excluding carboxylic acids is 2. The summed E-state index contributed by atoms with van der Waals surface area (Å²) in [4.78, 5) is 43.4. The highest BCUT2D eigenvalue weighted by atomic mass is 35.5. The fourth-order valence-corrected chi connectivity index (χ4v) is 1.68. The number of benzene rings is 1. The summed E-state index contributed by atoms with van der Waals surface area (Å²) in [5.74, 6) is -3.30. The zero-order valence-electron chi connectivity index (χ0n) is 10.4. The molecule has 0 aliphatic heterocycles. The summed E-state index contributed by atoms with van der Waals surface area (Å²) in [6.07, 6.45) is -0.607. The number of amides is 2. The minimum absolute atomic E-state index is 0.0591. The largest absolute Gasteiger partial charge is 0.480 e. The molecule has 10 heteroatoms. The Bertz CT molecular complexity index is 618. The molecule has 1 atom stereocenters. The van der Waals surface area contributed by atoms with Gasteiger partial charge in [-0.15, -0.1) is 0 Å². The van der Waals surface area contributed by atoms with E-state index in [-0.39, 0.29) is 10.6 Å². The maximum atomic E-state index is 11.9. The summed E-state index contributed by atoms with van der Waals surface area (Å²) in [5, 5.41) is 21.5. The first-order valence-electron chi connectivity index (χ1n) is 5.47. The first-order valence-corrected chi connectivity index (χ1v) is 5.85. The molecular formula is C11H10ClN3O6. The second-order valence-corrected chi connectivity index (χ2v) is 4.43. The third-order valence-corrected chi connectivity index (χ3v) is 2.58. The maximum absolute atomic E-state index is 11.9. The lowest BCUT2D eigenvalue weighted by molar-refractivity contribution is -0.384. The van der Waals surface area contributed by atoms with Crippen molar-refractivity contribution in [1.82, 2.24) is 5.32 Å². The van der Waals surface area contributed by atoms with Gasteiger partial charge in [0.15, 0.2) is 0 Å². The molecule has 0 aliphatic rings. The summed E-state index contributed by atoms with van der Waals surface area (Å²) < 4.78 is 0. The zero-order chi connectivity index (χ0) is 16.2. The molecule has 0 unspecified atom stereocenters. The van der Waals surface area contributed by atoms with Crippen LogP contribution in [-0.2, 0) is 9.59 Å². The number of nitrogens with two attached hydrogens (primary N) is 1. The van der Waals surface area contributed by atoms with Gasteiger partial charge in [-0.2, -0.15) is 0 Å². The van der Waals surface area contributed by atoms with Crippen molar-refractivity contribution in [2.24, 2.45) is 5.73 Å². The Balaban J connectivity index is 2.99. The van der Waals surface area contributed by atoms with Crippen molar-refractivity contribution in [3.05, 3.63) is 38.9 Å². The maximum Gasteiger partial charge on any atom is 0.326 e. The normalized spacial score (nSPS) is 11.5. The Morgan fingerprint density at radius 3 is 2.48 bits per heavy atom. The molecule has 1 aromatic rings. The van der Waals surface area contributed by atoms with Crippen LogP contribution in [0.3, 0.4) is 0 Å². The van der Waals surface area contributed by atoms with E-state index in [1.54, 1.807) is 0 Å². The first kappa shape index (κ1) is 16.4. The number of non-ortho nitro benzene ring substituents is 1. The second kappa shape index (κ2) is 6.66. The molecule has 0 aromatic heterocycles. The SMILES string of the molecule is NC(=O)C[C@H](NC(=O)c1cc(Cl)cc([N+](=O)[O-])c1)C(=O)O. The van der Waals surface area contributed by atoms with Crippen LogP contribution in [0.25, 0.3) is 0 Å². The Morgan fingerprint density at radius 1 is 1.38 bits per heavy atom. The Kier molecular flexibility index (Phi) is 5.19. The monoisotopic (exact) mass is 315 g/mol. The number of carboxylic acids is 1. The van der Waals surface area contributed by atoms with Gasteiger partial charge < -0.3 is 16.2 Å². The quantitative estimate of drug-likeness (QED) is 0.507. The molecule has 1 rings (SSSR count). The predicted octanol–water partition coefficient (Wildman–Crippen LogP) is 0.307. The number of rotatable bonds is 6. The number of nitro groups is 1. The molecule has 0 bridgehead atoms. The van der Waals surface area contributed by atoms with E-state index < -0.39 is 40.9 Å². The molecule has 0 fully saturated rings. The number of nitro benzene ring substituents is 1. The van der Waals surface area contributed by atoms with Gasteiger partial charge in [0.05, 0.1) is 11.3 Å². The summed E-state index contributed by atoms with van der Waals surface area (Å²) >= 11 is 5.65. The van der Waals surface area contributed by atoms with Crippen molar-refractivity contribution in [3.63, 3.8) is 0 Å². The van der Waals surface area contributed by atoms with Gasteiger partial charge in [0.2, 0.25) is 5.91 Å². The van der Waals surface area contributed by atoms with E-state index in [4.69, 9.17) is 22.4 Å². The number of nitrogens with zero attached hydrogens (tertiary/aromatic N) is 1. The standard InChI is InChI=1S/C11H10ClN3O6/c12-6-1-5(2-7(3-6)15(20)21)10(17)14-8(11(18)19)4-9(13)16/h1-3,8H,4H2,(H2,13,16)(H,14,17)(H,18,19)/t8-/m0/s1. The van der Waals surface area contributed by atoms with Crippen LogP contribution in [0.15, 0.2) is 18.2 Å². The van der Waals surface area contributed by atoms with Crippen molar-refractivity contribution < 1.29 is 24.4 Å². The molecular weight excluding hydrogens is 306 g/mol. The average molecular weight is 316 g/mol. The number of aliphatic carboxylic acids is 1. The third-order valence-electron chi connectivity index (χ3n) is 2.36. The minimum Gasteiger partial charge on any atom is -0.480 e. The third kappa shape index (κ3) is 4.73. The van der Waals surface area contributed by atoms with Crippen molar-refractivity contribution >= 4 is 35.1 Å². The van der Waals surface area contributed by atoms with E-state index in [2.05, 4.69) is 0 Å². The topological polar surface area (TPSA) is 153 Å². The van der Waals surface area contributed by atoms with Crippen molar-refractivity contribution in [3.8, 4) is 0 Å². The van der Waals surface area contributed by atoms with E-state index in [9.17, 15) is 24.5 Å². The van der Waals surface area contributed by atoms with Gasteiger partial charge in [-0.25, -0.2) is 4.79 Å². The molecule has 0 heterocycles. The van der Waals surface area contributed by atoms with Gasteiger partial charge in [-0.1, -0.05) is 11.6 Å². The van der Waals surface area contributed by atoms with Gasteiger partial charge in [0.1, 0.15) is 6.04 Å². The molecule has 2 amide bonds. The lowest BCUT2D eigenvalue weighted by Gasteiger charge is -2.12. The van der Waals surface area contributed by atoms with Crippen molar-refractivity contribution in [2.75, 3.05) is 0 Å². The number of hydrogen-bond acceptors (Lipinski definition) is 5. The number of hydrogen-bond donors (Lipinski definition) is 3. The second-order valence-electron chi connectivity index (χ2n) is 3.99. The molecule has 1 aromatic carbocycles. The lowest BCUT2D eigenvalue weighted by atomic mass is 10.1. The van der Waals surface area contributed by atoms with E-state index >= 15 is 0 Å². The minimum atomic E-state index is -1.53. The van der Waals surface area contributed by atoms with E-state index in [1.807, 2.05) is 5.32 Å². The fraction of sp³-hybridized carbons (Fsp3) is 0.182. The number of nitrogens with one attached hydrogen (secondary N) is 1. The average Bonchev–Trinajstić information content (AvgIpc) is 2.36. The summed E-state index contributed by atoms with van der Waals surface area (Å²) in [6, 6.07) is 1.57. The number of primary amides is 1. The van der Waals surface area contributed by atoms with Gasteiger partial charge in [-0.3, -0.25) is 19.7 Å². The molecule has 4 N–H and O–H groups in total. The van der Waals surface area contributed by atoms with Crippen LogP contribution in [0.2, 0.25) is 5.02 Å². The zero-order valence-corrected chi connectivity index (χ0v) is 11.2. The number of carboxylic acid groups (broad SMARTS) is 1. The molecule has 9 nitrogen and oxygen atoms in total. The van der Waals surface area contributed by atoms with E-state index in [0.717, 1.165) is 18.2 Å². The van der Waals surface area contributed by atoms with E-state index in [1.165, 1.54) is 0 Å². The highest BCUT2D eigenvalue weighted by Crippen LogP contribution is 2.21. The molecule has 0 spiro atoms. The molecule has 0 aliphatic carbocycles. The Labute approximate surface area is 122 Å². The Morgan fingerprint density at radius 2 is 2.00 bits per heavy atom. The lowest BCUT2D eigenvalue weighted by Crippen LogP contribution is -2.43. The highest BCUT2D eigenvalue weighted by Gasteiger charge is 2.23. The Hall–Kier alpha value is -2.68. The van der Waals surface area contributed by atoms with Crippen molar-refractivity contribution in [1.29, 1.82) is 0 Å². The number of carbonyl (C=O) groups is 3. The van der Waals surface area contributed by atoms with Crippen LogP contribution in [0.1, 0.15) is 16.8 Å². The van der Waals surface area contributed by atoms with Gasteiger partial charge >= 0.3 is 5.97 Å². The van der Waals surface area contributed by atoms with Crippen LogP contribution >= 0.6 is 11.6 Å². The summed E-state index contributed by atoms with van der Waals surface area (Å²) in [5.41, 5.74) is 4.24. The molecule has 0 radical (unpaired) electrons. The van der Waals surface area contributed by atoms with Crippen LogP contribution in [0.5, 0.6) is 0 Å². The van der Waals surface area contributed by atoms with Gasteiger partial charge in [0.25, 0.3) is 11.6 Å². The number of halogens is 1. The predicted molar refractivity (Wildman–Crippen MR) is 70.8 cm³/mol. The smallest absolute Gasteiger partial charge is 0.326 e. The highest BCUT2D eigenvalue weighted by molar-refractivity contribution is 6.31. The van der Waals surface area contributed by atoms with Gasteiger partial charge in [-0.05, 0) is 6.07 Å². The van der Waals surface area contributed by atoms with Gasteiger partial charge in [0, 0.05) is 22.7 Å². The summed E-state index contributed by atoms with van der Waals surface area (Å²) in [6.45, 7) is 0. The van der Waals surface area contributed by atoms with Crippen LogP contribution in [0.4, 0.5) is 5.69 Å². The molecule has 0 saturated heterocycles. The van der Waals surface area contributed by atoms with Crippen LogP contribution in [-0.4, -0.2) is 33.9 Å². The van der Waals surface area contributed by atoms with Crippen molar-refractivity contribution in [2.45, 2.75) is 12.5 Å². The fourth-order valence-electron chi connectivity index (χ4n) is 1.45.